The zero-order chi connectivity index (χ0) is 11.0. The second kappa shape index (κ2) is 3.93. The smallest absolute Gasteiger partial charge is 0.243 e. The van der Waals surface area contributed by atoms with E-state index in [2.05, 4.69) is 30.9 Å². The number of nitrogens with zero attached hydrogens (tertiary/aromatic N) is 2. The Bertz CT molecular complexity index is 336. The quantitative estimate of drug-likeness (QED) is 0.825. The average Bonchev–Trinajstić information content (AvgIpc) is 2.80. The van der Waals surface area contributed by atoms with E-state index in [4.69, 9.17) is 10.3 Å². The lowest BCUT2D eigenvalue weighted by Crippen LogP contribution is -2.18. The molecule has 0 saturated heterocycles. The van der Waals surface area contributed by atoms with Gasteiger partial charge in [0.25, 0.3) is 0 Å². The fourth-order valence-corrected chi connectivity index (χ4v) is 1.71. The van der Waals surface area contributed by atoms with Crippen LogP contribution in [0.15, 0.2) is 4.52 Å². The Balaban J connectivity index is 2.06. The molecule has 2 N–H and O–H groups in total. The van der Waals surface area contributed by atoms with Gasteiger partial charge in [0.2, 0.25) is 5.89 Å². The normalized spacial score (nSPS) is 28.8. The van der Waals surface area contributed by atoms with E-state index in [1.807, 2.05) is 0 Å². The molecule has 1 heterocycles. The third-order valence-electron chi connectivity index (χ3n) is 3.44. The highest BCUT2D eigenvalue weighted by Crippen LogP contribution is 2.45. The van der Waals surface area contributed by atoms with Gasteiger partial charge in [-0.3, -0.25) is 0 Å². The molecule has 4 nitrogen and oxygen atoms in total. The summed E-state index contributed by atoms with van der Waals surface area (Å²) in [6.07, 6.45) is 2.20. The van der Waals surface area contributed by atoms with Gasteiger partial charge in [0.15, 0.2) is 5.82 Å². The van der Waals surface area contributed by atoms with Gasteiger partial charge in [-0.15, -0.1) is 0 Å². The van der Waals surface area contributed by atoms with Crippen molar-refractivity contribution in [3.8, 4) is 0 Å². The van der Waals surface area contributed by atoms with E-state index < -0.39 is 0 Å². The Hall–Kier alpha value is -0.900. The molecule has 84 valence electrons. The Morgan fingerprint density at radius 1 is 1.60 bits per heavy atom. The van der Waals surface area contributed by atoms with Gasteiger partial charge in [0, 0.05) is 5.92 Å². The first-order valence-electron chi connectivity index (χ1n) is 5.72. The van der Waals surface area contributed by atoms with E-state index in [9.17, 15) is 0 Å². The van der Waals surface area contributed by atoms with Crippen LogP contribution in [-0.2, 0) is 0 Å². The molecule has 0 amide bonds. The zero-order valence-electron chi connectivity index (χ0n) is 9.60. The predicted molar refractivity (Wildman–Crippen MR) is 57.2 cm³/mol. The number of rotatable bonds is 4. The summed E-state index contributed by atoms with van der Waals surface area (Å²) in [6, 6.07) is -0.120. The number of hydrogen-bond acceptors (Lipinski definition) is 4. The standard InChI is InChI=1S/C11H19N3O/c1-4-6(2)9(12)11-13-10(14-15-11)8-5-7(8)3/h6-9H,4-5,12H2,1-3H3. The molecule has 1 aromatic rings. The highest BCUT2D eigenvalue weighted by Gasteiger charge is 2.38. The van der Waals surface area contributed by atoms with Crippen LogP contribution in [0.25, 0.3) is 0 Å². The summed E-state index contributed by atoms with van der Waals surface area (Å²) in [7, 11) is 0. The van der Waals surface area contributed by atoms with Gasteiger partial charge in [-0.2, -0.15) is 4.98 Å². The second-order valence-electron chi connectivity index (χ2n) is 4.72. The highest BCUT2D eigenvalue weighted by atomic mass is 16.5. The Morgan fingerprint density at radius 3 is 2.80 bits per heavy atom. The molecule has 0 radical (unpaired) electrons. The van der Waals surface area contributed by atoms with Gasteiger partial charge in [-0.05, 0) is 18.3 Å². The van der Waals surface area contributed by atoms with Crippen molar-refractivity contribution in [1.29, 1.82) is 0 Å². The van der Waals surface area contributed by atoms with E-state index in [-0.39, 0.29) is 6.04 Å². The van der Waals surface area contributed by atoms with Crippen LogP contribution in [0.3, 0.4) is 0 Å². The predicted octanol–water partition coefficient (Wildman–Crippen LogP) is 2.24. The maximum Gasteiger partial charge on any atom is 0.243 e. The maximum atomic E-state index is 6.02. The molecule has 1 saturated carbocycles. The molecule has 15 heavy (non-hydrogen) atoms. The summed E-state index contributed by atoms with van der Waals surface area (Å²) in [5, 5.41) is 4.00. The average molecular weight is 209 g/mol. The molecule has 0 aliphatic heterocycles. The van der Waals surface area contributed by atoms with Crippen molar-refractivity contribution >= 4 is 0 Å². The van der Waals surface area contributed by atoms with E-state index >= 15 is 0 Å². The van der Waals surface area contributed by atoms with Crippen molar-refractivity contribution in [3.05, 3.63) is 11.7 Å². The zero-order valence-corrected chi connectivity index (χ0v) is 9.60. The summed E-state index contributed by atoms with van der Waals surface area (Å²) in [5.74, 6) is 3.03. The molecule has 1 aromatic heterocycles. The van der Waals surface area contributed by atoms with Crippen LogP contribution < -0.4 is 5.73 Å². The lowest BCUT2D eigenvalue weighted by molar-refractivity contribution is 0.310. The van der Waals surface area contributed by atoms with Crippen LogP contribution in [0.4, 0.5) is 0 Å². The van der Waals surface area contributed by atoms with Crippen LogP contribution in [0, 0.1) is 11.8 Å². The molecule has 1 aliphatic carbocycles. The van der Waals surface area contributed by atoms with Crippen molar-refractivity contribution < 1.29 is 4.52 Å². The summed E-state index contributed by atoms with van der Waals surface area (Å²) >= 11 is 0. The lowest BCUT2D eigenvalue weighted by Gasteiger charge is -2.12. The molecule has 4 unspecified atom stereocenters. The van der Waals surface area contributed by atoms with Gasteiger partial charge in [-0.1, -0.05) is 32.3 Å². The second-order valence-corrected chi connectivity index (χ2v) is 4.72. The monoisotopic (exact) mass is 209 g/mol. The van der Waals surface area contributed by atoms with Gasteiger partial charge >= 0.3 is 0 Å². The van der Waals surface area contributed by atoms with Gasteiger partial charge in [-0.25, -0.2) is 0 Å². The van der Waals surface area contributed by atoms with Crippen LogP contribution in [0.2, 0.25) is 0 Å². The van der Waals surface area contributed by atoms with E-state index in [1.54, 1.807) is 0 Å². The molecule has 2 rings (SSSR count). The third-order valence-corrected chi connectivity index (χ3v) is 3.44. The van der Waals surface area contributed by atoms with Crippen molar-refractivity contribution in [2.24, 2.45) is 17.6 Å². The van der Waals surface area contributed by atoms with Crippen molar-refractivity contribution in [3.63, 3.8) is 0 Å². The minimum atomic E-state index is -0.120. The number of nitrogens with two attached hydrogens (primary N) is 1. The van der Waals surface area contributed by atoms with Gasteiger partial charge in [0.1, 0.15) is 0 Å². The largest absolute Gasteiger partial charge is 0.338 e. The molecule has 4 heteroatoms. The molecule has 1 aliphatic rings. The van der Waals surface area contributed by atoms with Crippen LogP contribution in [-0.4, -0.2) is 10.1 Å². The highest BCUT2D eigenvalue weighted by molar-refractivity contribution is 5.08. The molecule has 0 bridgehead atoms. The van der Waals surface area contributed by atoms with E-state index in [0.29, 0.717) is 23.6 Å². The van der Waals surface area contributed by atoms with Crippen LogP contribution >= 0.6 is 0 Å². The molecule has 0 aromatic carbocycles. The first-order valence-corrected chi connectivity index (χ1v) is 5.72. The van der Waals surface area contributed by atoms with Crippen LogP contribution in [0.5, 0.6) is 0 Å². The van der Waals surface area contributed by atoms with E-state index in [0.717, 1.165) is 12.2 Å². The molecular weight excluding hydrogens is 190 g/mol. The SMILES string of the molecule is CCC(C)C(N)c1nc(C2CC2C)no1. The Labute approximate surface area is 90.2 Å². The Kier molecular flexibility index (Phi) is 2.78. The summed E-state index contributed by atoms with van der Waals surface area (Å²) < 4.78 is 5.21. The van der Waals surface area contributed by atoms with Crippen molar-refractivity contribution in [2.75, 3.05) is 0 Å². The van der Waals surface area contributed by atoms with Gasteiger partial charge in [0.05, 0.1) is 6.04 Å². The first kappa shape index (κ1) is 10.6. The molecular formula is C11H19N3O. The van der Waals surface area contributed by atoms with Gasteiger partial charge < -0.3 is 10.3 Å². The molecule has 0 spiro atoms. The van der Waals surface area contributed by atoms with Crippen molar-refractivity contribution in [1.82, 2.24) is 10.1 Å². The fraction of sp³-hybridized carbons (Fsp3) is 0.818. The third kappa shape index (κ3) is 2.04. The Morgan fingerprint density at radius 2 is 2.27 bits per heavy atom. The topological polar surface area (TPSA) is 64.9 Å². The maximum absolute atomic E-state index is 6.02. The minimum absolute atomic E-state index is 0.120. The van der Waals surface area contributed by atoms with E-state index in [1.165, 1.54) is 6.42 Å². The minimum Gasteiger partial charge on any atom is -0.338 e. The molecule has 1 fully saturated rings. The summed E-state index contributed by atoms with van der Waals surface area (Å²) in [5.41, 5.74) is 6.02. The molecule has 4 atom stereocenters. The lowest BCUT2D eigenvalue weighted by atomic mass is 10.0. The summed E-state index contributed by atoms with van der Waals surface area (Å²) in [4.78, 5) is 4.39. The number of hydrogen-bond donors (Lipinski definition) is 1. The summed E-state index contributed by atoms with van der Waals surface area (Å²) in [6.45, 7) is 6.42. The van der Waals surface area contributed by atoms with Crippen LogP contribution in [0.1, 0.15) is 57.3 Å². The number of aromatic nitrogens is 2. The fourth-order valence-electron chi connectivity index (χ4n) is 1.71. The first-order chi connectivity index (χ1) is 7.13. The van der Waals surface area contributed by atoms with Crippen molar-refractivity contribution in [2.45, 2.75) is 45.6 Å².